The van der Waals surface area contributed by atoms with Gasteiger partial charge in [0.05, 0.1) is 20.0 Å². The number of ether oxygens (including phenoxy) is 1. The quantitative estimate of drug-likeness (QED) is 0.807. The summed E-state index contributed by atoms with van der Waals surface area (Å²) in [4.78, 5) is 8.06. The van der Waals surface area contributed by atoms with Gasteiger partial charge in [0.2, 0.25) is 5.88 Å². The summed E-state index contributed by atoms with van der Waals surface area (Å²) >= 11 is 0. The number of nitrogen functional groups attached to an aromatic ring is 1. The Bertz CT molecular complexity index is 452. The van der Waals surface area contributed by atoms with Gasteiger partial charge in [-0.3, -0.25) is 0 Å². The summed E-state index contributed by atoms with van der Waals surface area (Å²) in [6.07, 6.45) is 5.15. The maximum Gasteiger partial charge on any atom is 0.218 e. The fourth-order valence-electron chi connectivity index (χ4n) is 1.39. The third-order valence-corrected chi connectivity index (χ3v) is 2.05. The van der Waals surface area contributed by atoms with Gasteiger partial charge >= 0.3 is 0 Å². The molecule has 0 amide bonds. The number of hydrogen-bond acceptors (Lipinski definition) is 4. The zero-order chi connectivity index (χ0) is 10.7. The van der Waals surface area contributed by atoms with Crippen LogP contribution in [-0.4, -0.2) is 21.6 Å². The topological polar surface area (TPSA) is 66.0 Å². The van der Waals surface area contributed by atoms with Gasteiger partial charge in [0.1, 0.15) is 5.82 Å². The first-order valence-corrected chi connectivity index (χ1v) is 4.54. The molecule has 2 rings (SSSR count). The van der Waals surface area contributed by atoms with Crippen molar-refractivity contribution in [2.45, 2.75) is 6.54 Å². The Morgan fingerprint density at radius 2 is 2.33 bits per heavy atom. The van der Waals surface area contributed by atoms with Crippen molar-refractivity contribution in [3.8, 4) is 5.88 Å². The van der Waals surface area contributed by atoms with Gasteiger partial charge in [-0.15, -0.1) is 0 Å². The van der Waals surface area contributed by atoms with Crippen molar-refractivity contribution in [1.82, 2.24) is 14.5 Å². The van der Waals surface area contributed by atoms with Gasteiger partial charge in [-0.05, 0) is 6.07 Å². The lowest BCUT2D eigenvalue weighted by molar-refractivity contribution is 0.391. The first kappa shape index (κ1) is 9.51. The average Bonchev–Trinajstić information content (AvgIpc) is 2.65. The second-order valence-electron chi connectivity index (χ2n) is 3.14. The number of anilines is 1. The number of nitrogens with two attached hydrogens (primary N) is 1. The lowest BCUT2D eigenvalue weighted by atomic mass is 10.2. The summed E-state index contributed by atoms with van der Waals surface area (Å²) < 4.78 is 7.03. The van der Waals surface area contributed by atoms with E-state index >= 15 is 0 Å². The van der Waals surface area contributed by atoms with Crippen LogP contribution in [0.5, 0.6) is 5.88 Å². The predicted octanol–water partition coefficient (Wildman–Crippen LogP) is 0.917. The van der Waals surface area contributed by atoms with Crippen molar-refractivity contribution in [2.24, 2.45) is 0 Å². The first-order valence-electron chi connectivity index (χ1n) is 4.54. The SMILES string of the molecule is COc1ncccc1Cn1cnc(N)c1. The molecule has 0 aromatic carbocycles. The van der Waals surface area contributed by atoms with Gasteiger partial charge in [-0.1, -0.05) is 6.07 Å². The van der Waals surface area contributed by atoms with Crippen molar-refractivity contribution in [3.63, 3.8) is 0 Å². The van der Waals surface area contributed by atoms with E-state index in [4.69, 9.17) is 10.5 Å². The van der Waals surface area contributed by atoms with Crippen LogP contribution in [0, 0.1) is 0 Å². The third kappa shape index (κ3) is 2.07. The molecule has 2 aromatic rings. The minimum absolute atomic E-state index is 0.512. The monoisotopic (exact) mass is 204 g/mol. The Hall–Kier alpha value is -2.04. The molecule has 0 unspecified atom stereocenters. The number of methoxy groups -OCH3 is 1. The summed E-state index contributed by atoms with van der Waals surface area (Å²) in [5, 5.41) is 0. The van der Waals surface area contributed by atoms with Crippen LogP contribution in [0.25, 0.3) is 0 Å². The zero-order valence-electron chi connectivity index (χ0n) is 8.42. The molecule has 0 radical (unpaired) electrons. The van der Waals surface area contributed by atoms with E-state index in [0.29, 0.717) is 18.2 Å². The average molecular weight is 204 g/mol. The number of rotatable bonds is 3. The molecule has 5 nitrogen and oxygen atoms in total. The minimum atomic E-state index is 0.512. The second kappa shape index (κ2) is 4.00. The minimum Gasteiger partial charge on any atom is -0.481 e. The van der Waals surface area contributed by atoms with Crippen LogP contribution >= 0.6 is 0 Å². The molecule has 5 heteroatoms. The molecule has 0 saturated carbocycles. The normalized spacial score (nSPS) is 10.2. The van der Waals surface area contributed by atoms with Gasteiger partial charge in [0.25, 0.3) is 0 Å². The molecule has 0 saturated heterocycles. The number of aromatic nitrogens is 3. The lowest BCUT2D eigenvalue weighted by Crippen LogP contribution is -2.00. The molecule has 78 valence electrons. The smallest absolute Gasteiger partial charge is 0.218 e. The molecule has 0 aliphatic carbocycles. The molecule has 15 heavy (non-hydrogen) atoms. The number of imidazole rings is 1. The highest BCUT2D eigenvalue weighted by molar-refractivity contribution is 5.28. The van der Waals surface area contributed by atoms with Crippen molar-refractivity contribution in [3.05, 3.63) is 36.4 Å². The zero-order valence-corrected chi connectivity index (χ0v) is 8.42. The summed E-state index contributed by atoms with van der Waals surface area (Å²) in [5.74, 6) is 1.14. The largest absolute Gasteiger partial charge is 0.481 e. The van der Waals surface area contributed by atoms with Crippen molar-refractivity contribution in [1.29, 1.82) is 0 Å². The highest BCUT2D eigenvalue weighted by atomic mass is 16.5. The highest BCUT2D eigenvalue weighted by Crippen LogP contribution is 2.15. The molecular formula is C10H12N4O. The van der Waals surface area contributed by atoms with E-state index in [1.54, 1.807) is 25.8 Å². The second-order valence-corrected chi connectivity index (χ2v) is 3.14. The first-order chi connectivity index (χ1) is 7.29. The maximum atomic E-state index is 5.52. The molecule has 0 bridgehead atoms. The Labute approximate surface area is 87.5 Å². The van der Waals surface area contributed by atoms with Crippen molar-refractivity contribution in [2.75, 3.05) is 12.8 Å². The molecule has 0 atom stereocenters. The van der Waals surface area contributed by atoms with Crippen LogP contribution in [0.2, 0.25) is 0 Å². The summed E-state index contributed by atoms with van der Waals surface area (Å²) in [6.45, 7) is 0.654. The van der Waals surface area contributed by atoms with E-state index in [2.05, 4.69) is 9.97 Å². The van der Waals surface area contributed by atoms with E-state index < -0.39 is 0 Å². The Balaban J connectivity index is 2.23. The van der Waals surface area contributed by atoms with Crippen LogP contribution in [-0.2, 0) is 6.54 Å². The van der Waals surface area contributed by atoms with E-state index in [9.17, 15) is 0 Å². The lowest BCUT2D eigenvalue weighted by Gasteiger charge is -2.06. The Kier molecular flexibility index (Phi) is 2.53. The summed E-state index contributed by atoms with van der Waals surface area (Å²) in [7, 11) is 1.61. The fourth-order valence-corrected chi connectivity index (χ4v) is 1.39. The van der Waals surface area contributed by atoms with E-state index in [1.807, 2.05) is 16.7 Å². The van der Waals surface area contributed by atoms with Gasteiger partial charge in [-0.25, -0.2) is 9.97 Å². The molecule has 2 N–H and O–H groups in total. The van der Waals surface area contributed by atoms with E-state index in [1.165, 1.54) is 0 Å². The van der Waals surface area contributed by atoms with Crippen LogP contribution in [0.3, 0.4) is 0 Å². The highest BCUT2D eigenvalue weighted by Gasteiger charge is 2.03. The maximum absolute atomic E-state index is 5.52. The number of pyridine rings is 1. The number of nitrogens with zero attached hydrogens (tertiary/aromatic N) is 3. The van der Waals surface area contributed by atoms with Crippen LogP contribution in [0.1, 0.15) is 5.56 Å². The molecule has 0 spiro atoms. The van der Waals surface area contributed by atoms with E-state index in [-0.39, 0.29) is 0 Å². The van der Waals surface area contributed by atoms with Crippen LogP contribution in [0.4, 0.5) is 5.82 Å². The van der Waals surface area contributed by atoms with Crippen molar-refractivity contribution >= 4 is 5.82 Å². The standard InChI is InChI=1S/C10H12N4O/c1-15-10-8(3-2-4-12-10)5-14-6-9(11)13-7-14/h2-4,6-7H,5,11H2,1H3. The van der Waals surface area contributed by atoms with Crippen LogP contribution in [0.15, 0.2) is 30.9 Å². The summed E-state index contributed by atoms with van der Waals surface area (Å²) in [5.41, 5.74) is 6.52. The molecule has 2 aromatic heterocycles. The van der Waals surface area contributed by atoms with Crippen molar-refractivity contribution < 1.29 is 4.74 Å². The predicted molar refractivity (Wildman–Crippen MR) is 56.5 cm³/mol. The summed E-state index contributed by atoms with van der Waals surface area (Å²) in [6, 6.07) is 3.83. The molecule has 0 fully saturated rings. The molecule has 0 aliphatic rings. The Morgan fingerprint density at radius 1 is 1.47 bits per heavy atom. The molecule has 2 heterocycles. The number of hydrogen-bond donors (Lipinski definition) is 1. The molecular weight excluding hydrogens is 192 g/mol. The van der Waals surface area contributed by atoms with Gasteiger partial charge in [0.15, 0.2) is 0 Å². The Morgan fingerprint density at radius 3 is 3.00 bits per heavy atom. The van der Waals surface area contributed by atoms with E-state index in [0.717, 1.165) is 5.56 Å². The van der Waals surface area contributed by atoms with Gasteiger partial charge in [0, 0.05) is 18.0 Å². The third-order valence-electron chi connectivity index (χ3n) is 2.05. The van der Waals surface area contributed by atoms with Gasteiger partial charge < -0.3 is 15.0 Å². The van der Waals surface area contributed by atoms with Gasteiger partial charge in [-0.2, -0.15) is 0 Å². The molecule has 0 aliphatic heterocycles. The fraction of sp³-hybridized carbons (Fsp3) is 0.200. The van der Waals surface area contributed by atoms with Crippen LogP contribution < -0.4 is 10.5 Å².